The average molecular weight is 248 g/mol. The van der Waals surface area contributed by atoms with Crippen LogP contribution in [0, 0.1) is 5.92 Å². The highest BCUT2D eigenvalue weighted by atomic mass is 32.2. The van der Waals surface area contributed by atoms with Gasteiger partial charge in [0.15, 0.2) is 0 Å². The Morgan fingerprint density at radius 3 is 2.56 bits per heavy atom. The smallest absolute Gasteiger partial charge is 0.221 e. The van der Waals surface area contributed by atoms with E-state index in [-0.39, 0.29) is 24.4 Å². The highest BCUT2D eigenvalue weighted by molar-refractivity contribution is 7.98. The van der Waals surface area contributed by atoms with Crippen LogP contribution in [0.2, 0.25) is 0 Å². The normalized spacial score (nSPS) is 16.9. The molecule has 0 aliphatic carbocycles. The number of nitrogens with two attached hydrogens (primary N) is 1. The number of amides is 1. The first kappa shape index (κ1) is 15.7. The minimum atomic E-state index is -0.850. The van der Waals surface area contributed by atoms with E-state index in [0.717, 1.165) is 0 Å². The van der Waals surface area contributed by atoms with E-state index < -0.39 is 5.60 Å². The van der Waals surface area contributed by atoms with Gasteiger partial charge in [0.05, 0.1) is 5.60 Å². The first-order valence-electron chi connectivity index (χ1n) is 5.52. The molecule has 0 heterocycles. The number of carbonyl (C=O) groups is 1. The SMILES string of the molecule is CSCC(C)(O)CNC(=O)CC(N)C(C)C. The lowest BCUT2D eigenvalue weighted by Crippen LogP contribution is -2.44. The van der Waals surface area contributed by atoms with Crippen LogP contribution in [0.4, 0.5) is 0 Å². The molecule has 2 unspecified atom stereocenters. The van der Waals surface area contributed by atoms with Crippen molar-refractivity contribution < 1.29 is 9.90 Å². The van der Waals surface area contributed by atoms with Crippen LogP contribution in [0.5, 0.6) is 0 Å². The quantitative estimate of drug-likeness (QED) is 0.616. The first-order valence-corrected chi connectivity index (χ1v) is 6.91. The van der Waals surface area contributed by atoms with Crippen LogP contribution in [-0.2, 0) is 4.79 Å². The predicted octanol–water partition coefficient (Wildman–Crippen LogP) is 0.590. The molecule has 0 aliphatic rings. The largest absolute Gasteiger partial charge is 0.387 e. The third-order valence-electron chi connectivity index (χ3n) is 2.40. The Morgan fingerprint density at radius 1 is 1.56 bits per heavy atom. The molecule has 96 valence electrons. The Balaban J connectivity index is 3.89. The highest BCUT2D eigenvalue weighted by Crippen LogP contribution is 2.09. The summed E-state index contributed by atoms with van der Waals surface area (Å²) in [5, 5.41) is 12.6. The molecule has 0 aliphatic heterocycles. The van der Waals surface area contributed by atoms with Crippen molar-refractivity contribution in [1.29, 1.82) is 0 Å². The van der Waals surface area contributed by atoms with Crippen molar-refractivity contribution in [3.05, 3.63) is 0 Å². The summed E-state index contributed by atoms with van der Waals surface area (Å²) in [7, 11) is 0. The summed E-state index contributed by atoms with van der Waals surface area (Å²) in [5.74, 6) is 0.795. The van der Waals surface area contributed by atoms with Gasteiger partial charge in [-0.05, 0) is 19.1 Å². The number of thioether (sulfide) groups is 1. The summed E-state index contributed by atoms with van der Waals surface area (Å²) >= 11 is 1.55. The number of carbonyl (C=O) groups excluding carboxylic acids is 1. The Kier molecular flexibility index (Phi) is 7.03. The van der Waals surface area contributed by atoms with Gasteiger partial charge in [-0.15, -0.1) is 0 Å². The summed E-state index contributed by atoms with van der Waals surface area (Å²) in [6, 6.07) is -0.120. The van der Waals surface area contributed by atoms with Gasteiger partial charge in [0, 0.05) is 24.8 Å². The molecule has 0 saturated heterocycles. The van der Waals surface area contributed by atoms with Crippen molar-refractivity contribution in [3.8, 4) is 0 Å². The molecule has 2 atom stereocenters. The highest BCUT2D eigenvalue weighted by Gasteiger charge is 2.21. The molecule has 0 aromatic heterocycles. The number of hydrogen-bond donors (Lipinski definition) is 3. The summed E-state index contributed by atoms with van der Waals surface area (Å²) in [6.45, 7) is 5.97. The average Bonchev–Trinajstić information content (AvgIpc) is 2.14. The van der Waals surface area contributed by atoms with Crippen LogP contribution in [0.25, 0.3) is 0 Å². The van der Waals surface area contributed by atoms with E-state index in [1.807, 2.05) is 20.1 Å². The van der Waals surface area contributed by atoms with E-state index in [2.05, 4.69) is 5.32 Å². The molecule has 0 aromatic rings. The van der Waals surface area contributed by atoms with Crippen molar-refractivity contribution in [2.75, 3.05) is 18.6 Å². The number of hydrogen-bond acceptors (Lipinski definition) is 4. The lowest BCUT2D eigenvalue weighted by Gasteiger charge is -2.23. The molecule has 16 heavy (non-hydrogen) atoms. The lowest BCUT2D eigenvalue weighted by atomic mass is 10.0. The molecule has 0 fully saturated rings. The molecule has 5 heteroatoms. The molecule has 4 nitrogen and oxygen atoms in total. The molecule has 0 aromatic carbocycles. The summed E-state index contributed by atoms with van der Waals surface area (Å²) in [5.41, 5.74) is 4.94. The third-order valence-corrected chi connectivity index (χ3v) is 3.31. The van der Waals surface area contributed by atoms with Crippen LogP contribution in [0.3, 0.4) is 0 Å². The predicted molar refractivity (Wildman–Crippen MR) is 69.4 cm³/mol. The third kappa shape index (κ3) is 7.09. The van der Waals surface area contributed by atoms with Gasteiger partial charge in [0.25, 0.3) is 0 Å². The maximum atomic E-state index is 11.5. The van der Waals surface area contributed by atoms with Gasteiger partial charge in [-0.1, -0.05) is 13.8 Å². The van der Waals surface area contributed by atoms with Crippen LogP contribution < -0.4 is 11.1 Å². The maximum Gasteiger partial charge on any atom is 0.221 e. The van der Waals surface area contributed by atoms with Gasteiger partial charge in [-0.3, -0.25) is 4.79 Å². The van der Waals surface area contributed by atoms with E-state index in [0.29, 0.717) is 12.2 Å². The zero-order valence-electron chi connectivity index (χ0n) is 10.6. The molecule has 0 spiro atoms. The Bertz CT molecular complexity index is 220. The second-order valence-corrected chi connectivity index (χ2v) is 5.68. The Hall–Kier alpha value is -0.260. The van der Waals surface area contributed by atoms with Crippen molar-refractivity contribution in [3.63, 3.8) is 0 Å². The zero-order valence-corrected chi connectivity index (χ0v) is 11.4. The van der Waals surface area contributed by atoms with Gasteiger partial charge >= 0.3 is 0 Å². The maximum absolute atomic E-state index is 11.5. The monoisotopic (exact) mass is 248 g/mol. The fraction of sp³-hybridized carbons (Fsp3) is 0.909. The van der Waals surface area contributed by atoms with Crippen molar-refractivity contribution in [2.24, 2.45) is 11.7 Å². The molecule has 0 saturated carbocycles. The summed E-state index contributed by atoms with van der Waals surface area (Å²) in [4.78, 5) is 11.5. The van der Waals surface area contributed by atoms with Crippen LogP contribution in [0.1, 0.15) is 27.2 Å². The number of aliphatic hydroxyl groups is 1. The molecular weight excluding hydrogens is 224 g/mol. The standard InChI is InChI=1S/C11H24N2O2S/c1-8(2)9(12)5-10(14)13-6-11(3,15)7-16-4/h8-9,15H,5-7,12H2,1-4H3,(H,13,14). The van der Waals surface area contributed by atoms with Crippen LogP contribution >= 0.6 is 11.8 Å². The zero-order chi connectivity index (χ0) is 12.8. The fourth-order valence-electron chi connectivity index (χ4n) is 1.17. The van der Waals surface area contributed by atoms with Gasteiger partial charge in [-0.2, -0.15) is 11.8 Å². The van der Waals surface area contributed by atoms with E-state index >= 15 is 0 Å². The van der Waals surface area contributed by atoms with E-state index in [1.54, 1.807) is 18.7 Å². The second kappa shape index (κ2) is 7.14. The van der Waals surface area contributed by atoms with Gasteiger partial charge in [0.1, 0.15) is 0 Å². The van der Waals surface area contributed by atoms with E-state index in [9.17, 15) is 9.90 Å². The van der Waals surface area contributed by atoms with Gasteiger partial charge < -0.3 is 16.2 Å². The summed E-state index contributed by atoms with van der Waals surface area (Å²) in [6.07, 6.45) is 2.23. The minimum Gasteiger partial charge on any atom is -0.387 e. The van der Waals surface area contributed by atoms with Crippen LogP contribution in [-0.4, -0.2) is 41.2 Å². The molecule has 4 N–H and O–H groups in total. The van der Waals surface area contributed by atoms with Crippen LogP contribution in [0.15, 0.2) is 0 Å². The van der Waals surface area contributed by atoms with Crippen molar-refractivity contribution in [2.45, 2.75) is 38.8 Å². The second-order valence-electron chi connectivity index (χ2n) is 4.82. The lowest BCUT2D eigenvalue weighted by molar-refractivity contribution is -0.122. The van der Waals surface area contributed by atoms with Gasteiger partial charge in [0.2, 0.25) is 5.91 Å². The molecule has 0 radical (unpaired) electrons. The molecule has 1 amide bonds. The fourth-order valence-corrected chi connectivity index (χ4v) is 1.90. The topological polar surface area (TPSA) is 75.3 Å². The minimum absolute atomic E-state index is 0.0948. The first-order chi connectivity index (χ1) is 7.28. The summed E-state index contributed by atoms with van der Waals surface area (Å²) < 4.78 is 0. The molecule has 0 rings (SSSR count). The van der Waals surface area contributed by atoms with E-state index in [4.69, 9.17) is 5.73 Å². The van der Waals surface area contributed by atoms with Crippen molar-refractivity contribution >= 4 is 17.7 Å². The van der Waals surface area contributed by atoms with Crippen molar-refractivity contribution in [1.82, 2.24) is 5.32 Å². The Labute approximate surface area is 102 Å². The Morgan fingerprint density at radius 2 is 2.12 bits per heavy atom. The number of rotatable bonds is 7. The molecular formula is C11H24N2O2S. The van der Waals surface area contributed by atoms with Gasteiger partial charge in [-0.25, -0.2) is 0 Å². The van der Waals surface area contributed by atoms with E-state index in [1.165, 1.54) is 0 Å². The molecule has 0 bridgehead atoms. The number of nitrogens with one attached hydrogen (secondary N) is 1.